The number of nitrogens with zero attached hydrogens (tertiary/aromatic N) is 2. The molecule has 0 saturated carbocycles. The van der Waals surface area contributed by atoms with Crippen molar-refractivity contribution in [1.29, 1.82) is 0 Å². The van der Waals surface area contributed by atoms with Crippen molar-refractivity contribution >= 4 is 5.91 Å². The van der Waals surface area contributed by atoms with Crippen LogP contribution in [0.5, 0.6) is 0 Å². The van der Waals surface area contributed by atoms with Crippen LogP contribution < -0.4 is 5.73 Å². The number of carbonyl (C=O) groups is 1. The number of hydrogen-bond donors (Lipinski definition) is 1. The molecule has 2 aromatic carbocycles. The Morgan fingerprint density at radius 3 is 2.16 bits per heavy atom. The van der Waals surface area contributed by atoms with Crippen LogP contribution in [-0.2, 0) is 13.0 Å². The first-order chi connectivity index (χ1) is 12.1. The minimum Gasteiger partial charge on any atom is -0.337 e. The van der Waals surface area contributed by atoms with Crippen LogP contribution in [0.1, 0.15) is 27.9 Å². The molecule has 0 aliphatic heterocycles. The zero-order chi connectivity index (χ0) is 18.1. The normalized spacial score (nSPS) is 10.9. The summed E-state index contributed by atoms with van der Waals surface area (Å²) in [6, 6.07) is 18.0. The molecule has 0 fully saturated rings. The number of amides is 1. The van der Waals surface area contributed by atoms with E-state index in [1.54, 1.807) is 0 Å². The topological polar surface area (TPSA) is 49.6 Å². The third-order valence-corrected chi connectivity index (χ3v) is 4.28. The van der Waals surface area contributed by atoms with Crippen molar-refractivity contribution in [3.05, 3.63) is 71.3 Å². The summed E-state index contributed by atoms with van der Waals surface area (Å²) in [4.78, 5) is 16.9. The molecule has 0 unspecified atom stereocenters. The Balaban J connectivity index is 1.98. The summed E-state index contributed by atoms with van der Waals surface area (Å²) < 4.78 is 0. The van der Waals surface area contributed by atoms with Gasteiger partial charge in [-0.3, -0.25) is 4.79 Å². The minimum atomic E-state index is 0.0958. The third kappa shape index (κ3) is 6.33. The summed E-state index contributed by atoms with van der Waals surface area (Å²) in [6.07, 6.45) is 1.95. The number of rotatable bonds is 9. The zero-order valence-electron chi connectivity index (χ0n) is 15.3. The largest absolute Gasteiger partial charge is 0.337 e. The van der Waals surface area contributed by atoms with E-state index in [4.69, 9.17) is 5.73 Å². The van der Waals surface area contributed by atoms with Crippen molar-refractivity contribution < 1.29 is 4.79 Å². The highest BCUT2D eigenvalue weighted by molar-refractivity contribution is 5.94. The quantitative estimate of drug-likeness (QED) is 0.764. The van der Waals surface area contributed by atoms with E-state index in [1.165, 1.54) is 5.56 Å². The maximum absolute atomic E-state index is 12.9. The van der Waals surface area contributed by atoms with Gasteiger partial charge in [-0.25, -0.2) is 0 Å². The number of nitrogens with two attached hydrogens (primary N) is 1. The molecule has 2 N–H and O–H groups in total. The minimum absolute atomic E-state index is 0.0958. The van der Waals surface area contributed by atoms with Crippen LogP contribution in [-0.4, -0.2) is 49.4 Å². The zero-order valence-corrected chi connectivity index (χ0v) is 15.3. The standard InChI is InChI=1S/C21H29N3O/c1-23(2)15-16-24(14-6-9-18-7-4-3-5-8-18)21(25)20-12-10-19(17-22)11-13-20/h3-5,7-8,10-13H,6,9,14-17,22H2,1-2H3. The van der Waals surface area contributed by atoms with Crippen molar-refractivity contribution in [3.63, 3.8) is 0 Å². The van der Waals surface area contributed by atoms with Crippen LogP contribution in [0.15, 0.2) is 54.6 Å². The van der Waals surface area contributed by atoms with Crippen LogP contribution in [0.4, 0.5) is 0 Å². The maximum Gasteiger partial charge on any atom is 0.253 e. The molecule has 0 spiro atoms. The highest BCUT2D eigenvalue weighted by atomic mass is 16.2. The van der Waals surface area contributed by atoms with E-state index in [1.807, 2.05) is 49.3 Å². The molecule has 0 aromatic heterocycles. The fourth-order valence-electron chi connectivity index (χ4n) is 2.72. The van der Waals surface area contributed by atoms with Gasteiger partial charge in [-0.1, -0.05) is 42.5 Å². The maximum atomic E-state index is 12.9. The van der Waals surface area contributed by atoms with Gasteiger partial charge in [0.25, 0.3) is 5.91 Å². The Kier molecular flexibility index (Phi) is 7.64. The monoisotopic (exact) mass is 339 g/mol. The fourth-order valence-corrected chi connectivity index (χ4v) is 2.72. The van der Waals surface area contributed by atoms with Gasteiger partial charge in [-0.2, -0.15) is 0 Å². The lowest BCUT2D eigenvalue weighted by molar-refractivity contribution is 0.0743. The van der Waals surface area contributed by atoms with Crippen LogP contribution in [0.25, 0.3) is 0 Å². The van der Waals surface area contributed by atoms with Gasteiger partial charge in [-0.15, -0.1) is 0 Å². The molecular formula is C21H29N3O. The highest BCUT2D eigenvalue weighted by Crippen LogP contribution is 2.10. The molecule has 4 nitrogen and oxygen atoms in total. The first-order valence-corrected chi connectivity index (χ1v) is 8.87. The van der Waals surface area contributed by atoms with Gasteiger partial charge < -0.3 is 15.5 Å². The fraction of sp³-hybridized carbons (Fsp3) is 0.381. The second-order valence-corrected chi connectivity index (χ2v) is 6.59. The molecule has 134 valence electrons. The van der Waals surface area contributed by atoms with E-state index >= 15 is 0 Å². The Morgan fingerprint density at radius 2 is 1.56 bits per heavy atom. The summed E-state index contributed by atoms with van der Waals surface area (Å²) in [5.74, 6) is 0.0958. The lowest BCUT2D eigenvalue weighted by atomic mass is 10.1. The van der Waals surface area contributed by atoms with E-state index in [2.05, 4.69) is 29.2 Å². The number of likely N-dealkylation sites (N-methyl/N-ethyl adjacent to an activating group) is 1. The van der Waals surface area contributed by atoms with Crippen LogP contribution in [0.2, 0.25) is 0 Å². The lowest BCUT2D eigenvalue weighted by Gasteiger charge is -2.24. The van der Waals surface area contributed by atoms with E-state index < -0.39 is 0 Å². The number of hydrogen-bond acceptors (Lipinski definition) is 3. The molecule has 0 aliphatic rings. The second kappa shape index (κ2) is 9.97. The number of carbonyl (C=O) groups excluding carboxylic acids is 1. The molecule has 4 heteroatoms. The summed E-state index contributed by atoms with van der Waals surface area (Å²) in [5.41, 5.74) is 8.73. The van der Waals surface area contributed by atoms with Crippen molar-refractivity contribution in [2.45, 2.75) is 19.4 Å². The Hall–Kier alpha value is -2.17. The Morgan fingerprint density at radius 1 is 0.880 bits per heavy atom. The summed E-state index contributed by atoms with van der Waals surface area (Å²) in [6.45, 7) is 2.85. The van der Waals surface area contributed by atoms with E-state index in [0.29, 0.717) is 6.54 Å². The smallest absolute Gasteiger partial charge is 0.253 e. The van der Waals surface area contributed by atoms with Gasteiger partial charge in [0.05, 0.1) is 0 Å². The molecular weight excluding hydrogens is 310 g/mol. The lowest BCUT2D eigenvalue weighted by Crippen LogP contribution is -2.37. The third-order valence-electron chi connectivity index (χ3n) is 4.28. The predicted molar refractivity (Wildman–Crippen MR) is 104 cm³/mol. The van der Waals surface area contributed by atoms with Gasteiger partial charge in [-0.05, 0) is 50.2 Å². The van der Waals surface area contributed by atoms with E-state index in [9.17, 15) is 4.79 Å². The van der Waals surface area contributed by atoms with E-state index in [0.717, 1.165) is 43.6 Å². The molecule has 0 radical (unpaired) electrons. The molecule has 2 rings (SSSR count). The van der Waals surface area contributed by atoms with Crippen LogP contribution in [0, 0.1) is 0 Å². The SMILES string of the molecule is CN(C)CCN(CCCc1ccccc1)C(=O)c1ccc(CN)cc1. The molecule has 0 atom stereocenters. The number of benzene rings is 2. The van der Waals surface area contributed by atoms with Crippen molar-refractivity contribution in [2.24, 2.45) is 5.73 Å². The van der Waals surface area contributed by atoms with Crippen LogP contribution in [0.3, 0.4) is 0 Å². The van der Waals surface area contributed by atoms with Gasteiger partial charge in [0, 0.05) is 31.7 Å². The summed E-state index contributed by atoms with van der Waals surface area (Å²) >= 11 is 0. The first kappa shape index (κ1) is 19.2. The molecule has 1 amide bonds. The molecule has 0 saturated heterocycles. The average molecular weight is 339 g/mol. The summed E-state index contributed by atoms with van der Waals surface area (Å²) in [5, 5.41) is 0. The van der Waals surface area contributed by atoms with Gasteiger partial charge in [0.15, 0.2) is 0 Å². The first-order valence-electron chi connectivity index (χ1n) is 8.87. The van der Waals surface area contributed by atoms with Gasteiger partial charge in [0.2, 0.25) is 0 Å². The average Bonchev–Trinajstić information content (AvgIpc) is 2.64. The van der Waals surface area contributed by atoms with Crippen molar-refractivity contribution in [1.82, 2.24) is 9.80 Å². The number of aryl methyl sites for hydroxylation is 1. The Labute approximate surface area is 151 Å². The predicted octanol–water partition coefficient (Wildman–Crippen LogP) is 2.78. The highest BCUT2D eigenvalue weighted by Gasteiger charge is 2.15. The van der Waals surface area contributed by atoms with Crippen molar-refractivity contribution in [2.75, 3.05) is 33.7 Å². The second-order valence-electron chi connectivity index (χ2n) is 6.59. The van der Waals surface area contributed by atoms with Crippen molar-refractivity contribution in [3.8, 4) is 0 Å². The van der Waals surface area contributed by atoms with E-state index in [-0.39, 0.29) is 5.91 Å². The van der Waals surface area contributed by atoms with Gasteiger partial charge >= 0.3 is 0 Å². The molecule has 25 heavy (non-hydrogen) atoms. The molecule has 0 bridgehead atoms. The Bertz CT molecular complexity index is 638. The molecule has 0 heterocycles. The van der Waals surface area contributed by atoms with Gasteiger partial charge in [0.1, 0.15) is 0 Å². The molecule has 2 aromatic rings. The summed E-state index contributed by atoms with van der Waals surface area (Å²) in [7, 11) is 4.06. The molecule has 0 aliphatic carbocycles. The van der Waals surface area contributed by atoms with Crippen LogP contribution >= 0.6 is 0 Å².